The number of hydrogen-bond acceptors (Lipinski definition) is 5. The molecular weight excluding hydrogens is 258 g/mol. The molecule has 2 heterocycles. The molecule has 19 heavy (non-hydrogen) atoms. The number of aryl methyl sites for hydroxylation is 1. The lowest BCUT2D eigenvalue weighted by atomic mass is 9.84. The highest BCUT2D eigenvalue weighted by atomic mass is 32.1. The van der Waals surface area contributed by atoms with Crippen LogP contribution in [0.3, 0.4) is 0 Å². The second kappa shape index (κ2) is 4.74. The van der Waals surface area contributed by atoms with Crippen LogP contribution in [-0.2, 0) is 12.8 Å². The summed E-state index contributed by atoms with van der Waals surface area (Å²) < 4.78 is 0. The van der Waals surface area contributed by atoms with Crippen molar-refractivity contribution in [3.8, 4) is 0 Å². The highest BCUT2D eigenvalue weighted by Gasteiger charge is 2.30. The number of nitrogens with zero attached hydrogens (tertiary/aromatic N) is 2. The van der Waals surface area contributed by atoms with Gasteiger partial charge in [0.2, 0.25) is 5.95 Å². The van der Waals surface area contributed by atoms with Gasteiger partial charge in [-0.05, 0) is 24.3 Å². The molecule has 2 aromatic rings. The molecule has 1 aliphatic rings. The Labute approximate surface area is 115 Å². The lowest BCUT2D eigenvalue weighted by Crippen LogP contribution is -2.23. The molecule has 2 aromatic heterocycles. The second-order valence-corrected chi connectivity index (χ2v) is 5.73. The molecule has 0 amide bonds. The first-order valence-electron chi connectivity index (χ1n) is 6.41. The number of hydrogen-bond donors (Lipinski definition) is 1. The fraction of sp³-hybridized carbons (Fsp3) is 0.357. The van der Waals surface area contributed by atoms with Crippen molar-refractivity contribution in [2.75, 3.05) is 5.73 Å². The van der Waals surface area contributed by atoms with Gasteiger partial charge in [0, 0.05) is 17.2 Å². The summed E-state index contributed by atoms with van der Waals surface area (Å²) in [5.74, 6) is 0.658. The van der Waals surface area contributed by atoms with Crippen molar-refractivity contribution in [1.29, 1.82) is 0 Å². The van der Waals surface area contributed by atoms with Crippen molar-refractivity contribution in [2.24, 2.45) is 0 Å². The Morgan fingerprint density at radius 3 is 2.95 bits per heavy atom. The molecular formula is C14H15N3OS. The number of nitrogen functional groups attached to an aromatic ring is 1. The van der Waals surface area contributed by atoms with Crippen LogP contribution >= 0.6 is 11.3 Å². The summed E-state index contributed by atoms with van der Waals surface area (Å²) in [5, 5.41) is 2.04. The minimum Gasteiger partial charge on any atom is -0.368 e. The fourth-order valence-electron chi connectivity index (χ4n) is 2.66. The van der Waals surface area contributed by atoms with Crippen LogP contribution < -0.4 is 5.73 Å². The molecule has 0 aromatic carbocycles. The molecule has 2 N–H and O–H groups in total. The van der Waals surface area contributed by atoms with Crippen LogP contribution in [-0.4, -0.2) is 15.8 Å². The zero-order chi connectivity index (χ0) is 13.4. The molecule has 3 rings (SSSR count). The third-order valence-electron chi connectivity index (χ3n) is 3.51. The van der Waals surface area contributed by atoms with Crippen LogP contribution in [0, 0.1) is 0 Å². The topological polar surface area (TPSA) is 68.9 Å². The first kappa shape index (κ1) is 12.3. The fourth-order valence-corrected chi connectivity index (χ4v) is 3.49. The zero-order valence-corrected chi connectivity index (χ0v) is 11.5. The summed E-state index contributed by atoms with van der Waals surface area (Å²) in [5.41, 5.74) is 8.06. The second-order valence-electron chi connectivity index (χ2n) is 4.75. The Morgan fingerprint density at radius 1 is 1.42 bits per heavy atom. The summed E-state index contributed by atoms with van der Waals surface area (Å²) in [6.45, 7) is 1.99. The zero-order valence-electron chi connectivity index (χ0n) is 10.7. The molecule has 0 aliphatic heterocycles. The van der Waals surface area contributed by atoms with Gasteiger partial charge in [-0.25, -0.2) is 9.97 Å². The quantitative estimate of drug-likeness (QED) is 0.913. The monoisotopic (exact) mass is 273 g/mol. The number of carbonyl (C=O) groups is 1. The SMILES string of the molecule is CCc1nc(N)nc2c1C(=O)CC(c1cccs1)C2. The van der Waals surface area contributed by atoms with E-state index in [1.165, 1.54) is 4.88 Å². The number of rotatable bonds is 2. The van der Waals surface area contributed by atoms with E-state index in [9.17, 15) is 4.79 Å². The molecule has 0 saturated heterocycles. The normalized spacial score (nSPS) is 18.4. The standard InChI is InChI=1S/C14H15N3OS/c1-2-9-13-10(17-14(15)16-9)6-8(7-11(13)18)12-4-3-5-19-12/h3-5,8H,2,6-7H2,1H3,(H2,15,16,17). The number of thiophene rings is 1. The van der Waals surface area contributed by atoms with Gasteiger partial charge in [0.15, 0.2) is 5.78 Å². The average molecular weight is 273 g/mol. The van der Waals surface area contributed by atoms with Crippen molar-refractivity contribution < 1.29 is 4.79 Å². The van der Waals surface area contributed by atoms with E-state index in [4.69, 9.17) is 5.73 Å². The maximum Gasteiger partial charge on any atom is 0.220 e. The van der Waals surface area contributed by atoms with Gasteiger partial charge in [-0.15, -0.1) is 11.3 Å². The van der Waals surface area contributed by atoms with Crippen LogP contribution in [0.15, 0.2) is 17.5 Å². The molecule has 0 fully saturated rings. The number of nitrogens with two attached hydrogens (primary N) is 1. The van der Waals surface area contributed by atoms with Crippen molar-refractivity contribution >= 4 is 23.1 Å². The summed E-state index contributed by atoms with van der Waals surface area (Å²) in [6.07, 6.45) is 2.04. The molecule has 0 radical (unpaired) electrons. The summed E-state index contributed by atoms with van der Waals surface area (Å²) >= 11 is 1.69. The maximum atomic E-state index is 12.4. The summed E-state index contributed by atoms with van der Waals surface area (Å²) in [7, 11) is 0. The van der Waals surface area contributed by atoms with Crippen molar-refractivity contribution in [1.82, 2.24) is 9.97 Å². The van der Waals surface area contributed by atoms with E-state index in [2.05, 4.69) is 16.0 Å². The Morgan fingerprint density at radius 2 is 2.26 bits per heavy atom. The van der Waals surface area contributed by atoms with Gasteiger partial charge >= 0.3 is 0 Å². The lowest BCUT2D eigenvalue weighted by Gasteiger charge is -2.23. The van der Waals surface area contributed by atoms with E-state index in [0.29, 0.717) is 18.4 Å². The first-order chi connectivity index (χ1) is 9.19. The molecule has 1 atom stereocenters. The van der Waals surface area contributed by atoms with Crippen LogP contribution in [0.2, 0.25) is 0 Å². The summed E-state index contributed by atoms with van der Waals surface area (Å²) in [4.78, 5) is 22.1. The highest BCUT2D eigenvalue weighted by molar-refractivity contribution is 7.10. The molecule has 1 aliphatic carbocycles. The molecule has 5 heteroatoms. The number of Topliss-reactive ketones (excluding diaryl/α,β-unsaturated/α-hetero) is 1. The van der Waals surface area contributed by atoms with Gasteiger partial charge < -0.3 is 5.73 Å². The number of fused-ring (bicyclic) bond motifs is 1. The van der Waals surface area contributed by atoms with Gasteiger partial charge in [-0.2, -0.15) is 0 Å². The molecule has 0 spiro atoms. The lowest BCUT2D eigenvalue weighted by molar-refractivity contribution is 0.0962. The molecule has 4 nitrogen and oxygen atoms in total. The smallest absolute Gasteiger partial charge is 0.220 e. The predicted molar refractivity (Wildman–Crippen MR) is 75.5 cm³/mol. The van der Waals surface area contributed by atoms with Crippen LogP contribution in [0.25, 0.3) is 0 Å². The minimum atomic E-state index is 0.150. The molecule has 0 bridgehead atoms. The van der Waals surface area contributed by atoms with Crippen molar-refractivity contribution in [3.63, 3.8) is 0 Å². The Kier molecular flexibility index (Phi) is 3.06. The van der Waals surface area contributed by atoms with E-state index >= 15 is 0 Å². The minimum absolute atomic E-state index is 0.150. The Bertz CT molecular complexity index is 622. The molecule has 0 saturated carbocycles. The van der Waals surface area contributed by atoms with Crippen molar-refractivity contribution in [3.05, 3.63) is 39.3 Å². The Hall–Kier alpha value is -1.75. The van der Waals surface area contributed by atoms with Gasteiger partial charge in [0.25, 0.3) is 0 Å². The van der Waals surface area contributed by atoms with E-state index in [1.54, 1.807) is 11.3 Å². The molecule has 1 unspecified atom stereocenters. The van der Waals surface area contributed by atoms with Gasteiger partial charge in [0.1, 0.15) is 0 Å². The van der Waals surface area contributed by atoms with Crippen molar-refractivity contribution in [2.45, 2.75) is 32.1 Å². The van der Waals surface area contributed by atoms with Gasteiger partial charge in [-0.1, -0.05) is 13.0 Å². The average Bonchev–Trinajstić information content (AvgIpc) is 2.90. The maximum absolute atomic E-state index is 12.4. The van der Waals surface area contributed by atoms with Crippen LogP contribution in [0.5, 0.6) is 0 Å². The predicted octanol–water partition coefficient (Wildman–Crippen LogP) is 2.60. The highest BCUT2D eigenvalue weighted by Crippen LogP contribution is 2.35. The number of ketones is 1. The number of aromatic nitrogens is 2. The van der Waals surface area contributed by atoms with Crippen LogP contribution in [0.1, 0.15) is 45.9 Å². The van der Waals surface area contributed by atoms with Gasteiger partial charge in [0.05, 0.1) is 17.0 Å². The van der Waals surface area contributed by atoms with E-state index in [0.717, 1.165) is 17.8 Å². The van der Waals surface area contributed by atoms with Crippen LogP contribution in [0.4, 0.5) is 5.95 Å². The first-order valence-corrected chi connectivity index (χ1v) is 7.28. The van der Waals surface area contributed by atoms with E-state index in [1.807, 2.05) is 18.4 Å². The third kappa shape index (κ3) is 2.14. The van der Waals surface area contributed by atoms with E-state index in [-0.39, 0.29) is 17.6 Å². The number of anilines is 1. The third-order valence-corrected chi connectivity index (χ3v) is 4.54. The number of carbonyl (C=O) groups excluding carboxylic acids is 1. The molecule has 98 valence electrons. The Balaban J connectivity index is 2.05. The largest absolute Gasteiger partial charge is 0.368 e. The van der Waals surface area contributed by atoms with E-state index < -0.39 is 0 Å². The van der Waals surface area contributed by atoms with Gasteiger partial charge in [-0.3, -0.25) is 4.79 Å². The summed E-state index contributed by atoms with van der Waals surface area (Å²) in [6, 6.07) is 4.10.